The topological polar surface area (TPSA) is 94.0 Å². The van der Waals surface area contributed by atoms with Crippen molar-refractivity contribution in [3.8, 4) is 0 Å². The zero-order valence-corrected chi connectivity index (χ0v) is 15.2. The molecule has 0 fully saturated rings. The van der Waals surface area contributed by atoms with Crippen molar-refractivity contribution in [2.24, 2.45) is 0 Å². The number of halogens is 4. The zero-order chi connectivity index (χ0) is 21.2. The summed E-state index contributed by atoms with van der Waals surface area (Å²) in [5.74, 6) is -2.88. The van der Waals surface area contributed by atoms with Crippen molar-refractivity contribution in [2.45, 2.75) is 26.1 Å². The molecule has 0 aliphatic carbocycles. The molecule has 3 N–H and O–H groups in total. The van der Waals surface area contributed by atoms with Crippen LogP contribution in [0.5, 0.6) is 0 Å². The highest BCUT2D eigenvalue weighted by Gasteiger charge is 2.41. The minimum absolute atomic E-state index is 0.0423. The van der Waals surface area contributed by atoms with Crippen LogP contribution < -0.4 is 11.1 Å². The Balaban J connectivity index is 1.78. The first kappa shape index (κ1) is 20.3. The summed E-state index contributed by atoms with van der Waals surface area (Å²) >= 11 is 0. The summed E-state index contributed by atoms with van der Waals surface area (Å²) < 4.78 is 57.7. The van der Waals surface area contributed by atoms with Gasteiger partial charge in [0.15, 0.2) is 17.4 Å². The number of anilines is 2. The Morgan fingerprint density at radius 3 is 2.72 bits per heavy atom. The van der Waals surface area contributed by atoms with Crippen molar-refractivity contribution in [3.05, 3.63) is 70.8 Å². The zero-order valence-electron chi connectivity index (χ0n) is 15.2. The number of benzene rings is 1. The van der Waals surface area contributed by atoms with Gasteiger partial charge in [0.05, 0.1) is 5.69 Å². The van der Waals surface area contributed by atoms with Gasteiger partial charge in [0.2, 0.25) is 5.76 Å². The average molecular weight is 408 g/mol. The summed E-state index contributed by atoms with van der Waals surface area (Å²) in [5.41, 5.74) is 5.97. The molecule has 0 saturated heterocycles. The summed E-state index contributed by atoms with van der Waals surface area (Å²) in [5, 5.41) is 2.93. The van der Waals surface area contributed by atoms with Crippen LogP contribution in [0, 0.1) is 12.7 Å². The summed E-state index contributed by atoms with van der Waals surface area (Å²) in [6, 6.07) is 7.19. The maximum Gasteiger partial charge on any atom is 0.452 e. The van der Waals surface area contributed by atoms with Crippen LogP contribution in [0.3, 0.4) is 0 Å². The standard InChI is InChI=1S/C19H16F4N4O2/c1-10-27-16(17(29-10)19(21,22)23)15(28)8-11-4-5-13(20)12(7-11)9-26-14-3-2-6-25-18(14)24/h2-7,26H,8-9H2,1H3,(H2,24,25). The van der Waals surface area contributed by atoms with E-state index < -0.39 is 35.7 Å². The van der Waals surface area contributed by atoms with Crippen LogP contribution in [0.25, 0.3) is 0 Å². The molecular weight excluding hydrogens is 392 g/mol. The number of aryl methyl sites for hydroxylation is 1. The monoisotopic (exact) mass is 408 g/mol. The molecule has 2 aromatic heterocycles. The van der Waals surface area contributed by atoms with Crippen LogP contribution in [-0.2, 0) is 19.1 Å². The van der Waals surface area contributed by atoms with Crippen LogP contribution in [0.2, 0.25) is 0 Å². The lowest BCUT2D eigenvalue weighted by Gasteiger charge is -2.10. The van der Waals surface area contributed by atoms with Crippen molar-refractivity contribution in [3.63, 3.8) is 0 Å². The number of ketones is 1. The first-order chi connectivity index (χ1) is 13.6. The molecule has 3 aromatic rings. The van der Waals surface area contributed by atoms with Gasteiger partial charge in [-0.2, -0.15) is 13.2 Å². The SMILES string of the molecule is Cc1nc(C(=O)Cc2ccc(F)c(CNc3cccnc3N)c2)c(C(F)(F)F)o1. The molecule has 0 aliphatic rings. The Morgan fingerprint density at radius 2 is 2.03 bits per heavy atom. The number of rotatable bonds is 6. The molecule has 6 nitrogen and oxygen atoms in total. The quantitative estimate of drug-likeness (QED) is 0.470. The molecule has 0 bridgehead atoms. The summed E-state index contributed by atoms with van der Waals surface area (Å²) in [4.78, 5) is 19.8. The van der Waals surface area contributed by atoms with Gasteiger partial charge in [0.25, 0.3) is 0 Å². The van der Waals surface area contributed by atoms with Gasteiger partial charge in [-0.15, -0.1) is 0 Å². The Bertz CT molecular complexity index is 1050. The number of alkyl halides is 3. The lowest BCUT2D eigenvalue weighted by atomic mass is 10.0. The molecule has 152 valence electrons. The fourth-order valence-electron chi connectivity index (χ4n) is 2.71. The van der Waals surface area contributed by atoms with Crippen molar-refractivity contribution in [1.82, 2.24) is 9.97 Å². The number of hydrogen-bond donors (Lipinski definition) is 2. The highest BCUT2D eigenvalue weighted by atomic mass is 19.4. The number of nitrogens with two attached hydrogens (primary N) is 1. The van der Waals surface area contributed by atoms with E-state index in [1.54, 1.807) is 12.1 Å². The smallest absolute Gasteiger partial charge is 0.436 e. The molecule has 0 aliphatic heterocycles. The predicted molar refractivity (Wildman–Crippen MR) is 96.7 cm³/mol. The maximum atomic E-state index is 14.1. The second kappa shape index (κ2) is 7.90. The van der Waals surface area contributed by atoms with Crippen LogP contribution in [0.1, 0.15) is 33.3 Å². The third-order valence-electron chi connectivity index (χ3n) is 4.04. The van der Waals surface area contributed by atoms with Crippen LogP contribution in [0.4, 0.5) is 29.1 Å². The van der Waals surface area contributed by atoms with E-state index in [0.29, 0.717) is 11.3 Å². The molecule has 1 aromatic carbocycles. The molecule has 10 heteroatoms. The van der Waals surface area contributed by atoms with E-state index >= 15 is 0 Å². The third kappa shape index (κ3) is 4.71. The van der Waals surface area contributed by atoms with Gasteiger partial charge in [-0.25, -0.2) is 14.4 Å². The molecule has 29 heavy (non-hydrogen) atoms. The van der Waals surface area contributed by atoms with Crippen molar-refractivity contribution in [1.29, 1.82) is 0 Å². The number of nitrogens with one attached hydrogen (secondary N) is 1. The van der Waals surface area contributed by atoms with Crippen LogP contribution in [0.15, 0.2) is 40.9 Å². The molecule has 0 radical (unpaired) electrons. The van der Waals surface area contributed by atoms with E-state index in [0.717, 1.165) is 6.07 Å². The number of carbonyl (C=O) groups is 1. The number of pyridine rings is 1. The van der Waals surface area contributed by atoms with E-state index in [1.165, 1.54) is 25.3 Å². The summed E-state index contributed by atoms with van der Waals surface area (Å²) in [6.07, 6.45) is -3.72. The largest absolute Gasteiger partial charge is 0.452 e. The van der Waals surface area contributed by atoms with E-state index in [-0.39, 0.29) is 23.8 Å². The van der Waals surface area contributed by atoms with Crippen molar-refractivity contribution >= 4 is 17.3 Å². The Hall–Kier alpha value is -3.43. The minimum atomic E-state index is -4.84. The Labute approximate surface area is 162 Å². The molecule has 2 heterocycles. The van der Waals surface area contributed by atoms with Gasteiger partial charge in [0, 0.05) is 31.6 Å². The molecule has 0 amide bonds. The molecule has 3 rings (SSSR count). The first-order valence-electron chi connectivity index (χ1n) is 8.44. The highest BCUT2D eigenvalue weighted by molar-refractivity contribution is 5.96. The molecule has 0 atom stereocenters. The van der Waals surface area contributed by atoms with Gasteiger partial charge in [-0.05, 0) is 23.8 Å². The van der Waals surface area contributed by atoms with E-state index in [2.05, 4.69) is 19.7 Å². The van der Waals surface area contributed by atoms with Gasteiger partial charge >= 0.3 is 6.18 Å². The fourth-order valence-corrected chi connectivity index (χ4v) is 2.71. The summed E-state index contributed by atoms with van der Waals surface area (Å²) in [7, 11) is 0. The van der Waals surface area contributed by atoms with Gasteiger partial charge in [-0.3, -0.25) is 4.79 Å². The molecule has 0 saturated carbocycles. The summed E-state index contributed by atoms with van der Waals surface area (Å²) in [6.45, 7) is 1.26. The number of hydrogen-bond acceptors (Lipinski definition) is 6. The average Bonchev–Trinajstić information content (AvgIpc) is 3.06. The number of nitrogens with zero attached hydrogens (tertiary/aromatic N) is 2. The minimum Gasteiger partial charge on any atom is -0.436 e. The molecule has 0 unspecified atom stereocenters. The predicted octanol–water partition coefficient (Wildman–Crippen LogP) is 4.16. The number of oxazole rings is 1. The van der Waals surface area contributed by atoms with Crippen LogP contribution in [-0.4, -0.2) is 15.8 Å². The normalized spacial score (nSPS) is 11.5. The van der Waals surface area contributed by atoms with Gasteiger partial charge in [0.1, 0.15) is 11.6 Å². The highest BCUT2D eigenvalue weighted by Crippen LogP contribution is 2.33. The molecular formula is C19H16F4N4O2. The maximum absolute atomic E-state index is 14.1. The number of nitrogen functional groups attached to an aromatic ring is 1. The second-order valence-electron chi connectivity index (χ2n) is 6.22. The van der Waals surface area contributed by atoms with Crippen LogP contribution >= 0.6 is 0 Å². The number of carbonyl (C=O) groups excluding carboxylic acids is 1. The van der Waals surface area contributed by atoms with Crippen molar-refractivity contribution in [2.75, 3.05) is 11.1 Å². The molecule has 0 spiro atoms. The Kier molecular flexibility index (Phi) is 5.53. The fraction of sp³-hybridized carbons (Fsp3) is 0.211. The van der Waals surface area contributed by atoms with E-state index in [9.17, 15) is 22.4 Å². The van der Waals surface area contributed by atoms with E-state index in [1.807, 2.05) is 0 Å². The number of Topliss-reactive ketones (excluding diaryl/α,β-unsaturated/α-hetero) is 1. The van der Waals surface area contributed by atoms with Gasteiger partial charge in [-0.1, -0.05) is 12.1 Å². The third-order valence-corrected chi connectivity index (χ3v) is 4.04. The first-order valence-corrected chi connectivity index (χ1v) is 8.44. The number of aromatic nitrogens is 2. The second-order valence-corrected chi connectivity index (χ2v) is 6.22. The van der Waals surface area contributed by atoms with Gasteiger partial charge < -0.3 is 15.5 Å². The van der Waals surface area contributed by atoms with E-state index in [4.69, 9.17) is 5.73 Å². The lowest BCUT2D eigenvalue weighted by molar-refractivity contribution is -0.153. The lowest BCUT2D eigenvalue weighted by Crippen LogP contribution is -2.14. The van der Waals surface area contributed by atoms with Crippen molar-refractivity contribution < 1.29 is 26.8 Å². The Morgan fingerprint density at radius 1 is 1.28 bits per heavy atom.